The lowest BCUT2D eigenvalue weighted by Gasteiger charge is -2.12. The van der Waals surface area contributed by atoms with Gasteiger partial charge < -0.3 is 15.5 Å². The molecule has 44 heavy (non-hydrogen) atoms. The standard InChI is InChI=1S/C27H27N5O9S3/c1-3-42(35,36)18-7-5-17(6-8-18)29-32-26-20-10-14-24(27(34)21(20)11-13-23(26)28-16-44(39,40)41)31-30-22-12-9-19(15-25(22)33)43(37,38)4-2/h5-15,28,33-34H,3-4,16H2,1-2H3,(H,39,40,41). The van der Waals surface area contributed by atoms with Crippen molar-refractivity contribution in [1.82, 2.24) is 0 Å². The molecule has 0 radical (unpaired) electrons. The van der Waals surface area contributed by atoms with Crippen LogP contribution in [0.15, 0.2) is 97.0 Å². The van der Waals surface area contributed by atoms with Gasteiger partial charge in [-0.3, -0.25) is 4.55 Å². The molecule has 0 saturated carbocycles. The van der Waals surface area contributed by atoms with Crippen molar-refractivity contribution in [3.63, 3.8) is 0 Å². The van der Waals surface area contributed by atoms with Gasteiger partial charge in [-0.15, -0.1) is 15.3 Å². The number of nitrogens with one attached hydrogen (secondary N) is 1. The summed E-state index contributed by atoms with van der Waals surface area (Å²) in [4.78, 5) is 0.0357. The number of fused-ring (bicyclic) bond motifs is 1. The summed E-state index contributed by atoms with van der Waals surface area (Å²) in [7, 11) is -11.4. The Kier molecular flexibility index (Phi) is 9.33. The maximum atomic E-state index is 12.1. The topological polar surface area (TPSA) is 225 Å². The Morgan fingerprint density at radius 3 is 1.84 bits per heavy atom. The third-order valence-corrected chi connectivity index (χ3v) is 10.4. The van der Waals surface area contributed by atoms with Crippen molar-refractivity contribution in [2.45, 2.75) is 23.6 Å². The number of nitrogens with zero attached hydrogens (tertiary/aromatic N) is 4. The van der Waals surface area contributed by atoms with Crippen molar-refractivity contribution >= 4 is 69.0 Å². The number of benzene rings is 4. The molecule has 4 N–H and O–H groups in total. The van der Waals surface area contributed by atoms with Gasteiger partial charge in [-0.25, -0.2) is 16.8 Å². The first kappa shape index (κ1) is 32.5. The highest BCUT2D eigenvalue weighted by molar-refractivity contribution is 7.91. The summed E-state index contributed by atoms with van der Waals surface area (Å²) >= 11 is 0. The highest BCUT2D eigenvalue weighted by atomic mass is 32.2. The molecular formula is C27H27N5O9S3. The predicted octanol–water partition coefficient (Wildman–Crippen LogP) is 5.93. The van der Waals surface area contributed by atoms with E-state index in [9.17, 15) is 40.0 Å². The van der Waals surface area contributed by atoms with Crippen molar-refractivity contribution < 1.29 is 40.0 Å². The van der Waals surface area contributed by atoms with Crippen LogP contribution < -0.4 is 5.32 Å². The van der Waals surface area contributed by atoms with Crippen LogP contribution in [0, 0.1) is 0 Å². The van der Waals surface area contributed by atoms with Gasteiger partial charge in [-0.05, 0) is 60.7 Å². The Morgan fingerprint density at radius 2 is 1.23 bits per heavy atom. The average molecular weight is 662 g/mol. The molecule has 0 aromatic heterocycles. The van der Waals surface area contributed by atoms with Crippen molar-refractivity contribution in [3.05, 3.63) is 66.7 Å². The Hall–Kier alpha value is -4.45. The summed E-state index contributed by atoms with van der Waals surface area (Å²) in [6.07, 6.45) is 0. The van der Waals surface area contributed by atoms with Gasteiger partial charge in [-0.1, -0.05) is 13.8 Å². The molecule has 0 bridgehead atoms. The smallest absolute Gasteiger partial charge is 0.283 e. The second-order valence-corrected chi connectivity index (χ2v) is 15.3. The lowest BCUT2D eigenvalue weighted by molar-refractivity contribution is 0.473. The van der Waals surface area contributed by atoms with E-state index in [4.69, 9.17) is 0 Å². The summed E-state index contributed by atoms with van der Waals surface area (Å²) in [5.74, 6) is -1.84. The molecule has 0 aliphatic heterocycles. The Labute approximate surface area is 253 Å². The summed E-state index contributed by atoms with van der Waals surface area (Å²) in [6.45, 7) is 3.00. The van der Waals surface area contributed by atoms with E-state index in [0.717, 1.165) is 6.07 Å². The van der Waals surface area contributed by atoms with E-state index in [2.05, 4.69) is 25.8 Å². The predicted molar refractivity (Wildman–Crippen MR) is 164 cm³/mol. The fourth-order valence-corrected chi connectivity index (χ4v) is 6.03. The van der Waals surface area contributed by atoms with Gasteiger partial charge in [0.15, 0.2) is 25.4 Å². The minimum Gasteiger partial charge on any atom is -0.506 e. The number of phenolic OH excluding ortho intramolecular Hbond substituents is 2. The van der Waals surface area contributed by atoms with E-state index < -0.39 is 41.4 Å². The molecule has 0 amide bonds. The largest absolute Gasteiger partial charge is 0.506 e. The molecule has 0 aliphatic rings. The molecule has 4 aromatic rings. The fourth-order valence-electron chi connectivity index (χ4n) is 3.91. The molecular weight excluding hydrogens is 635 g/mol. The van der Waals surface area contributed by atoms with Gasteiger partial charge in [0.1, 0.15) is 28.7 Å². The molecule has 0 atom stereocenters. The number of anilines is 1. The van der Waals surface area contributed by atoms with Crippen LogP contribution in [-0.4, -0.2) is 57.4 Å². The van der Waals surface area contributed by atoms with E-state index in [1.165, 1.54) is 74.5 Å². The molecule has 0 heterocycles. The molecule has 0 aliphatic carbocycles. The highest BCUT2D eigenvalue weighted by Crippen LogP contribution is 2.43. The first-order valence-electron chi connectivity index (χ1n) is 12.8. The van der Waals surface area contributed by atoms with Crippen LogP contribution in [0.4, 0.5) is 28.4 Å². The van der Waals surface area contributed by atoms with E-state index in [1.54, 1.807) is 0 Å². The van der Waals surface area contributed by atoms with Crippen molar-refractivity contribution in [3.8, 4) is 11.5 Å². The monoisotopic (exact) mass is 661 g/mol. The van der Waals surface area contributed by atoms with Gasteiger partial charge in [0.2, 0.25) is 0 Å². The van der Waals surface area contributed by atoms with Crippen molar-refractivity contribution in [1.29, 1.82) is 0 Å². The molecule has 0 saturated heterocycles. The van der Waals surface area contributed by atoms with Crippen LogP contribution in [0.1, 0.15) is 13.8 Å². The van der Waals surface area contributed by atoms with Gasteiger partial charge in [0.25, 0.3) is 10.1 Å². The maximum absolute atomic E-state index is 12.1. The van der Waals surface area contributed by atoms with Crippen LogP contribution in [0.2, 0.25) is 0 Å². The first-order valence-corrected chi connectivity index (χ1v) is 17.8. The van der Waals surface area contributed by atoms with E-state index in [-0.39, 0.29) is 60.9 Å². The number of sulfone groups is 2. The van der Waals surface area contributed by atoms with Crippen LogP contribution in [0.3, 0.4) is 0 Å². The highest BCUT2D eigenvalue weighted by Gasteiger charge is 2.17. The quantitative estimate of drug-likeness (QED) is 0.109. The SMILES string of the molecule is CCS(=O)(=O)c1ccc(N=Nc2c(NCS(=O)(=O)O)ccc3c(O)c(N=Nc4ccc(S(=O)(=O)CC)cc4O)ccc23)cc1. The lowest BCUT2D eigenvalue weighted by atomic mass is 10.1. The van der Waals surface area contributed by atoms with E-state index >= 15 is 0 Å². The summed E-state index contributed by atoms with van der Waals surface area (Å²) in [5, 5.41) is 40.6. The number of rotatable bonds is 11. The number of aromatic hydroxyl groups is 2. The van der Waals surface area contributed by atoms with Crippen LogP contribution >= 0.6 is 0 Å². The number of hydrogen-bond acceptors (Lipinski definition) is 13. The normalized spacial score (nSPS) is 12.8. The summed E-state index contributed by atoms with van der Waals surface area (Å²) in [6, 6.07) is 15.0. The van der Waals surface area contributed by atoms with Crippen molar-refractivity contribution in [2.24, 2.45) is 20.5 Å². The second kappa shape index (κ2) is 12.7. The molecule has 4 rings (SSSR count). The zero-order valence-electron chi connectivity index (χ0n) is 23.3. The summed E-state index contributed by atoms with van der Waals surface area (Å²) < 4.78 is 80.3. The maximum Gasteiger partial charge on any atom is 0.283 e. The van der Waals surface area contributed by atoms with E-state index in [0.29, 0.717) is 5.39 Å². The van der Waals surface area contributed by atoms with Crippen LogP contribution in [-0.2, 0) is 29.8 Å². The number of phenols is 2. The first-order chi connectivity index (χ1) is 20.6. The molecule has 17 heteroatoms. The zero-order chi connectivity index (χ0) is 32.3. The van der Waals surface area contributed by atoms with Gasteiger partial charge in [0.05, 0.1) is 32.7 Å². The molecule has 0 unspecified atom stereocenters. The molecule has 14 nitrogen and oxygen atoms in total. The molecule has 4 aromatic carbocycles. The van der Waals surface area contributed by atoms with Gasteiger partial charge >= 0.3 is 0 Å². The molecule has 0 spiro atoms. The zero-order valence-corrected chi connectivity index (χ0v) is 25.7. The number of azo groups is 2. The van der Waals surface area contributed by atoms with Gasteiger partial charge in [0, 0.05) is 16.8 Å². The third-order valence-electron chi connectivity index (χ3n) is 6.36. The molecule has 0 fully saturated rings. The average Bonchev–Trinajstić information content (AvgIpc) is 2.99. The Balaban J connectivity index is 1.74. The fraction of sp³-hybridized carbons (Fsp3) is 0.185. The lowest BCUT2D eigenvalue weighted by Crippen LogP contribution is -2.13. The van der Waals surface area contributed by atoms with Crippen molar-refractivity contribution in [2.75, 3.05) is 22.7 Å². The molecule has 232 valence electrons. The van der Waals surface area contributed by atoms with E-state index in [1.807, 2.05) is 0 Å². The number of hydrogen-bond donors (Lipinski definition) is 4. The van der Waals surface area contributed by atoms with Crippen LogP contribution in [0.5, 0.6) is 11.5 Å². The Morgan fingerprint density at radius 1 is 0.659 bits per heavy atom. The third kappa shape index (κ3) is 7.36. The minimum absolute atomic E-state index is 0.0172. The van der Waals surface area contributed by atoms with Gasteiger partial charge in [-0.2, -0.15) is 13.5 Å². The Bertz CT molecular complexity index is 2110. The second-order valence-electron chi connectivity index (χ2n) is 9.24. The minimum atomic E-state index is -4.42. The summed E-state index contributed by atoms with van der Waals surface area (Å²) in [5.41, 5.74) is 0.448. The van der Waals surface area contributed by atoms with Crippen LogP contribution in [0.25, 0.3) is 10.8 Å².